The number of hydrogen-bond donors (Lipinski definition) is 2. The van der Waals surface area contributed by atoms with Gasteiger partial charge in [-0.15, -0.1) is 11.3 Å². The van der Waals surface area contributed by atoms with Gasteiger partial charge in [0.15, 0.2) is 0 Å². The Bertz CT molecular complexity index is 991. The third-order valence-electron chi connectivity index (χ3n) is 4.69. The van der Waals surface area contributed by atoms with E-state index in [0.29, 0.717) is 22.0 Å². The molecule has 1 aliphatic heterocycles. The van der Waals surface area contributed by atoms with E-state index >= 15 is 0 Å². The second kappa shape index (κ2) is 6.64. The number of thiophene rings is 1. The highest BCUT2D eigenvalue weighted by Crippen LogP contribution is 2.35. The lowest BCUT2D eigenvalue weighted by atomic mass is 9.89. The number of hydrazone groups is 1. The maximum absolute atomic E-state index is 12.5. The van der Waals surface area contributed by atoms with Crippen molar-refractivity contribution in [2.24, 2.45) is 11.0 Å². The summed E-state index contributed by atoms with van der Waals surface area (Å²) in [6, 6.07) is 0. The Hall–Kier alpha value is -2.55. The molecule has 8 nitrogen and oxygen atoms in total. The number of hydrogen-bond acceptors (Lipinski definition) is 7. The van der Waals surface area contributed by atoms with E-state index in [1.165, 1.54) is 4.88 Å². The van der Waals surface area contributed by atoms with Gasteiger partial charge < -0.3 is 9.72 Å². The molecule has 136 valence electrons. The first kappa shape index (κ1) is 16.9. The number of aryl methyl sites for hydroxylation is 1. The molecule has 0 saturated carbocycles. The van der Waals surface area contributed by atoms with Crippen LogP contribution in [0.15, 0.2) is 9.90 Å². The molecule has 0 spiro atoms. The standard InChI is InChI=1S/C17H18N4O4S/c1-8-2-3-9-11(6-8)26-16-14(9)15(23)18-12(19-16)7-25-17(24)10-4-5-13(22)21-20-10/h8H,2-7H2,1H3,(H,21,22)(H,18,19,23)/t8-/m1/s1. The smallest absolute Gasteiger partial charge is 0.354 e. The van der Waals surface area contributed by atoms with Gasteiger partial charge in [-0.3, -0.25) is 9.59 Å². The van der Waals surface area contributed by atoms with E-state index in [2.05, 4.69) is 27.4 Å². The maximum Gasteiger partial charge on any atom is 0.354 e. The van der Waals surface area contributed by atoms with Crippen LogP contribution >= 0.6 is 11.3 Å². The number of aromatic nitrogens is 2. The van der Waals surface area contributed by atoms with Gasteiger partial charge in [-0.05, 0) is 30.7 Å². The van der Waals surface area contributed by atoms with Gasteiger partial charge in [0.1, 0.15) is 23.0 Å². The largest absolute Gasteiger partial charge is 0.453 e. The molecule has 2 aromatic rings. The van der Waals surface area contributed by atoms with E-state index in [4.69, 9.17) is 4.74 Å². The number of rotatable bonds is 3. The van der Waals surface area contributed by atoms with Gasteiger partial charge in [0.2, 0.25) is 5.91 Å². The number of ether oxygens (including phenoxy) is 1. The van der Waals surface area contributed by atoms with Crippen LogP contribution in [0.2, 0.25) is 0 Å². The van der Waals surface area contributed by atoms with Crippen molar-refractivity contribution >= 4 is 39.1 Å². The fourth-order valence-electron chi connectivity index (χ4n) is 3.30. The summed E-state index contributed by atoms with van der Waals surface area (Å²) in [4.78, 5) is 44.7. The topological polar surface area (TPSA) is 114 Å². The van der Waals surface area contributed by atoms with Crippen molar-refractivity contribution in [2.45, 2.75) is 45.6 Å². The molecular formula is C17H18N4O4S. The fraction of sp³-hybridized carbons (Fsp3) is 0.471. The number of esters is 1. The Morgan fingerprint density at radius 1 is 1.31 bits per heavy atom. The molecule has 0 radical (unpaired) electrons. The van der Waals surface area contributed by atoms with Crippen LogP contribution in [0.3, 0.4) is 0 Å². The third-order valence-corrected chi connectivity index (χ3v) is 5.84. The van der Waals surface area contributed by atoms with E-state index in [1.807, 2.05) is 0 Å². The van der Waals surface area contributed by atoms with Crippen LogP contribution in [-0.4, -0.2) is 27.6 Å². The average Bonchev–Trinajstić information content (AvgIpc) is 2.98. The van der Waals surface area contributed by atoms with E-state index in [-0.39, 0.29) is 36.6 Å². The number of fused-ring (bicyclic) bond motifs is 3. The minimum Gasteiger partial charge on any atom is -0.453 e. The minimum atomic E-state index is -0.618. The molecule has 1 amide bonds. The number of carbonyl (C=O) groups is 2. The monoisotopic (exact) mass is 374 g/mol. The first-order valence-electron chi connectivity index (χ1n) is 8.57. The SMILES string of the molecule is C[C@@H]1CCc2c(sc3nc(COC(=O)C4=NNC(=O)CC4)[nH]c(=O)c23)C1. The summed E-state index contributed by atoms with van der Waals surface area (Å²) in [5.41, 5.74) is 3.35. The fourth-order valence-corrected chi connectivity index (χ4v) is 4.70. The predicted molar refractivity (Wildman–Crippen MR) is 96.0 cm³/mol. The van der Waals surface area contributed by atoms with Gasteiger partial charge in [-0.1, -0.05) is 6.92 Å². The Balaban J connectivity index is 1.53. The number of aromatic amines is 1. The Kier molecular flexibility index (Phi) is 4.31. The Labute approximate surface area is 152 Å². The molecule has 2 aliphatic rings. The summed E-state index contributed by atoms with van der Waals surface area (Å²) in [5.74, 6) is 0.0794. The maximum atomic E-state index is 12.5. The molecule has 1 atom stereocenters. The second-order valence-corrected chi connectivity index (χ2v) is 7.80. The van der Waals surface area contributed by atoms with Crippen LogP contribution in [0, 0.1) is 5.92 Å². The zero-order valence-electron chi connectivity index (χ0n) is 14.3. The van der Waals surface area contributed by atoms with Crippen LogP contribution in [0.25, 0.3) is 10.2 Å². The highest BCUT2D eigenvalue weighted by atomic mass is 32.1. The van der Waals surface area contributed by atoms with E-state index < -0.39 is 5.97 Å². The molecular weight excluding hydrogens is 356 g/mol. The molecule has 0 aromatic carbocycles. The third kappa shape index (κ3) is 3.14. The molecule has 4 rings (SSSR count). The summed E-state index contributed by atoms with van der Waals surface area (Å²) < 4.78 is 5.18. The first-order chi connectivity index (χ1) is 12.5. The average molecular weight is 374 g/mol. The summed E-state index contributed by atoms with van der Waals surface area (Å²) >= 11 is 1.55. The highest BCUT2D eigenvalue weighted by molar-refractivity contribution is 7.18. The highest BCUT2D eigenvalue weighted by Gasteiger charge is 2.24. The van der Waals surface area contributed by atoms with E-state index in [0.717, 1.165) is 24.8 Å². The van der Waals surface area contributed by atoms with Gasteiger partial charge in [0, 0.05) is 17.7 Å². The number of carbonyl (C=O) groups excluding carboxylic acids is 2. The molecule has 2 N–H and O–H groups in total. The molecule has 3 heterocycles. The predicted octanol–water partition coefficient (Wildman–Crippen LogP) is 1.42. The lowest BCUT2D eigenvalue weighted by Crippen LogP contribution is -2.30. The molecule has 9 heteroatoms. The molecule has 0 fully saturated rings. The molecule has 2 aromatic heterocycles. The summed E-state index contributed by atoms with van der Waals surface area (Å²) in [6.45, 7) is 2.07. The van der Waals surface area contributed by atoms with Crippen molar-refractivity contribution in [3.63, 3.8) is 0 Å². The Morgan fingerprint density at radius 2 is 2.15 bits per heavy atom. The lowest BCUT2D eigenvalue weighted by Gasteiger charge is -2.17. The second-order valence-electron chi connectivity index (χ2n) is 6.71. The first-order valence-corrected chi connectivity index (χ1v) is 9.39. The molecule has 26 heavy (non-hydrogen) atoms. The summed E-state index contributed by atoms with van der Waals surface area (Å²) in [5, 5.41) is 4.37. The number of nitrogens with zero attached hydrogens (tertiary/aromatic N) is 2. The van der Waals surface area contributed by atoms with Crippen molar-refractivity contribution < 1.29 is 14.3 Å². The van der Waals surface area contributed by atoms with E-state index in [9.17, 15) is 14.4 Å². The van der Waals surface area contributed by atoms with E-state index in [1.54, 1.807) is 11.3 Å². The number of amides is 1. The van der Waals surface area contributed by atoms with Gasteiger partial charge in [0.05, 0.1) is 5.39 Å². The summed E-state index contributed by atoms with van der Waals surface area (Å²) in [7, 11) is 0. The van der Waals surface area contributed by atoms with Crippen molar-refractivity contribution in [3.05, 3.63) is 26.6 Å². The van der Waals surface area contributed by atoms with Crippen LogP contribution in [-0.2, 0) is 33.8 Å². The summed E-state index contributed by atoms with van der Waals surface area (Å²) in [6.07, 6.45) is 3.40. The van der Waals surface area contributed by atoms with Crippen LogP contribution in [0.4, 0.5) is 0 Å². The van der Waals surface area contributed by atoms with Gasteiger partial charge in [0.25, 0.3) is 5.56 Å². The molecule has 1 aliphatic carbocycles. The van der Waals surface area contributed by atoms with Gasteiger partial charge in [-0.2, -0.15) is 5.10 Å². The number of H-pyrrole nitrogens is 1. The Morgan fingerprint density at radius 3 is 2.92 bits per heavy atom. The minimum absolute atomic E-state index is 0.143. The van der Waals surface area contributed by atoms with Gasteiger partial charge in [-0.25, -0.2) is 15.2 Å². The normalized spacial score (nSPS) is 19.7. The van der Waals surface area contributed by atoms with Crippen molar-refractivity contribution in [1.82, 2.24) is 15.4 Å². The zero-order chi connectivity index (χ0) is 18.3. The van der Waals surface area contributed by atoms with Crippen LogP contribution in [0.1, 0.15) is 42.5 Å². The van der Waals surface area contributed by atoms with Crippen molar-refractivity contribution in [1.29, 1.82) is 0 Å². The van der Waals surface area contributed by atoms with Crippen LogP contribution < -0.4 is 11.0 Å². The van der Waals surface area contributed by atoms with Gasteiger partial charge >= 0.3 is 5.97 Å². The lowest BCUT2D eigenvalue weighted by molar-refractivity contribution is -0.137. The quantitative estimate of drug-likeness (QED) is 0.789. The van der Waals surface area contributed by atoms with Crippen molar-refractivity contribution in [2.75, 3.05) is 0 Å². The molecule has 0 unspecified atom stereocenters. The number of nitrogens with one attached hydrogen (secondary N) is 2. The molecule has 0 saturated heterocycles. The van der Waals surface area contributed by atoms with Crippen molar-refractivity contribution in [3.8, 4) is 0 Å². The van der Waals surface area contributed by atoms with Crippen LogP contribution in [0.5, 0.6) is 0 Å². The zero-order valence-corrected chi connectivity index (χ0v) is 15.1. The molecule has 0 bridgehead atoms.